The Morgan fingerprint density at radius 3 is 2.35 bits per heavy atom. The van der Waals surface area contributed by atoms with Crippen LogP contribution in [0.3, 0.4) is 0 Å². The largest absolute Gasteiger partial charge is 0.318 e. The highest BCUT2D eigenvalue weighted by Crippen LogP contribution is 2.28. The number of piperidine rings is 1. The van der Waals surface area contributed by atoms with E-state index in [1.54, 1.807) is 8.61 Å². The van der Waals surface area contributed by atoms with Crippen molar-refractivity contribution in [2.75, 3.05) is 33.2 Å². The number of rotatable bonds is 4. The normalized spacial score (nSPS) is 33.0. The summed E-state index contributed by atoms with van der Waals surface area (Å²) < 4.78 is 29.0. The molecular formula is C13H28ClN3O2S. The van der Waals surface area contributed by atoms with Crippen LogP contribution in [0.1, 0.15) is 33.1 Å². The molecule has 0 aromatic carbocycles. The van der Waals surface area contributed by atoms with Crippen LogP contribution in [-0.2, 0) is 10.2 Å². The van der Waals surface area contributed by atoms with E-state index in [0.717, 1.165) is 25.8 Å². The summed E-state index contributed by atoms with van der Waals surface area (Å²) in [6.07, 6.45) is 3.08. The minimum atomic E-state index is -3.27. The number of hydrogen-bond acceptors (Lipinski definition) is 3. The lowest BCUT2D eigenvalue weighted by molar-refractivity contribution is 0.206. The average molecular weight is 326 g/mol. The summed E-state index contributed by atoms with van der Waals surface area (Å²) >= 11 is 0. The molecule has 0 spiro atoms. The summed E-state index contributed by atoms with van der Waals surface area (Å²) in [6, 6.07) is 0.127. The maximum absolute atomic E-state index is 12.8. The van der Waals surface area contributed by atoms with Crippen molar-refractivity contribution in [2.24, 2.45) is 11.8 Å². The molecule has 0 radical (unpaired) electrons. The van der Waals surface area contributed by atoms with E-state index in [2.05, 4.69) is 19.2 Å². The van der Waals surface area contributed by atoms with Crippen molar-refractivity contribution >= 4 is 22.6 Å². The Labute approximate surface area is 129 Å². The Bertz CT molecular complexity index is 394. The van der Waals surface area contributed by atoms with Crippen LogP contribution < -0.4 is 5.32 Å². The van der Waals surface area contributed by atoms with E-state index in [1.165, 1.54) is 0 Å². The van der Waals surface area contributed by atoms with Gasteiger partial charge in [0.25, 0.3) is 10.2 Å². The lowest BCUT2D eigenvalue weighted by atomic mass is 9.94. The van der Waals surface area contributed by atoms with E-state index in [-0.39, 0.29) is 18.4 Å². The molecule has 0 saturated carbocycles. The summed E-state index contributed by atoms with van der Waals surface area (Å²) in [5, 5.41) is 3.11. The van der Waals surface area contributed by atoms with Gasteiger partial charge in [-0.15, -0.1) is 12.4 Å². The molecule has 0 amide bonds. The van der Waals surface area contributed by atoms with Gasteiger partial charge >= 0.3 is 0 Å². The third-order valence-corrected chi connectivity index (χ3v) is 6.25. The maximum Gasteiger partial charge on any atom is 0.282 e. The van der Waals surface area contributed by atoms with Crippen LogP contribution in [0.5, 0.6) is 0 Å². The minimum absolute atomic E-state index is 0. The van der Waals surface area contributed by atoms with Crippen molar-refractivity contribution in [3.8, 4) is 0 Å². The van der Waals surface area contributed by atoms with Crippen LogP contribution in [0.15, 0.2) is 0 Å². The molecule has 1 N–H and O–H groups in total. The van der Waals surface area contributed by atoms with Gasteiger partial charge in [-0.1, -0.05) is 13.8 Å². The predicted molar refractivity (Wildman–Crippen MR) is 84.3 cm³/mol. The highest BCUT2D eigenvalue weighted by atomic mass is 35.5. The quantitative estimate of drug-likeness (QED) is 0.848. The van der Waals surface area contributed by atoms with Crippen molar-refractivity contribution in [2.45, 2.75) is 39.2 Å². The number of hydrogen-bond donors (Lipinski definition) is 1. The third-order valence-electron chi connectivity index (χ3n) is 4.22. The highest BCUT2D eigenvalue weighted by molar-refractivity contribution is 7.86. The molecule has 0 aliphatic carbocycles. The standard InChI is InChI=1S/C13H27N3O2S.ClH/c1-11-7-12(2)10-15(9-11)19(17,18)16-6-4-5-13(16)8-14-3;/h11-14H,4-10H2,1-3H3;1H. The molecule has 2 fully saturated rings. The van der Waals surface area contributed by atoms with Gasteiger partial charge in [0.1, 0.15) is 0 Å². The molecule has 5 nitrogen and oxygen atoms in total. The Morgan fingerprint density at radius 2 is 1.80 bits per heavy atom. The predicted octanol–water partition coefficient (Wildman–Crippen LogP) is 1.31. The first-order valence-corrected chi connectivity index (χ1v) is 8.76. The molecule has 0 aromatic heterocycles. The molecule has 2 aliphatic rings. The van der Waals surface area contributed by atoms with E-state index < -0.39 is 10.2 Å². The summed E-state index contributed by atoms with van der Waals surface area (Å²) in [6.45, 7) is 7.07. The van der Waals surface area contributed by atoms with Gasteiger partial charge in [-0.25, -0.2) is 0 Å². The van der Waals surface area contributed by atoms with Gasteiger partial charge in [-0.2, -0.15) is 17.0 Å². The van der Waals surface area contributed by atoms with Crippen molar-refractivity contribution < 1.29 is 8.42 Å². The van der Waals surface area contributed by atoms with E-state index in [4.69, 9.17) is 0 Å². The monoisotopic (exact) mass is 325 g/mol. The lowest BCUT2D eigenvalue weighted by Gasteiger charge is -2.37. The van der Waals surface area contributed by atoms with Gasteiger partial charge in [0.05, 0.1) is 0 Å². The van der Waals surface area contributed by atoms with E-state index in [1.807, 2.05) is 7.05 Å². The van der Waals surface area contributed by atoms with Gasteiger partial charge in [0, 0.05) is 32.2 Å². The summed E-state index contributed by atoms with van der Waals surface area (Å²) in [7, 11) is -1.39. The average Bonchev–Trinajstić information content (AvgIpc) is 2.77. The van der Waals surface area contributed by atoms with Crippen LogP contribution in [0.2, 0.25) is 0 Å². The summed E-state index contributed by atoms with van der Waals surface area (Å²) in [5.74, 6) is 0.924. The van der Waals surface area contributed by atoms with Crippen LogP contribution in [0.25, 0.3) is 0 Å². The highest BCUT2D eigenvalue weighted by Gasteiger charge is 2.39. The number of nitrogens with one attached hydrogen (secondary N) is 1. The molecule has 0 aromatic rings. The van der Waals surface area contributed by atoms with Crippen molar-refractivity contribution in [1.82, 2.24) is 13.9 Å². The van der Waals surface area contributed by atoms with Crippen LogP contribution in [0.4, 0.5) is 0 Å². The zero-order valence-corrected chi connectivity index (χ0v) is 14.3. The molecule has 20 heavy (non-hydrogen) atoms. The van der Waals surface area contributed by atoms with Gasteiger partial charge in [0.2, 0.25) is 0 Å². The molecule has 120 valence electrons. The fourth-order valence-electron chi connectivity index (χ4n) is 3.50. The summed E-state index contributed by atoms with van der Waals surface area (Å²) in [4.78, 5) is 0. The second-order valence-corrected chi connectivity index (χ2v) is 8.12. The van der Waals surface area contributed by atoms with Gasteiger partial charge in [0.15, 0.2) is 0 Å². The Kier molecular flexibility index (Phi) is 6.73. The maximum atomic E-state index is 12.8. The zero-order valence-electron chi connectivity index (χ0n) is 12.7. The van der Waals surface area contributed by atoms with Crippen LogP contribution in [0, 0.1) is 11.8 Å². The third kappa shape index (κ3) is 3.85. The van der Waals surface area contributed by atoms with Crippen molar-refractivity contribution in [1.29, 1.82) is 0 Å². The molecule has 2 saturated heterocycles. The van der Waals surface area contributed by atoms with Crippen LogP contribution in [-0.4, -0.2) is 56.3 Å². The Morgan fingerprint density at radius 1 is 1.20 bits per heavy atom. The molecule has 0 bridgehead atoms. The minimum Gasteiger partial charge on any atom is -0.318 e. The molecule has 2 aliphatic heterocycles. The summed E-state index contributed by atoms with van der Waals surface area (Å²) in [5.41, 5.74) is 0. The smallest absolute Gasteiger partial charge is 0.282 e. The SMILES string of the molecule is CNCC1CCCN1S(=O)(=O)N1CC(C)CC(C)C1.Cl. The van der Waals surface area contributed by atoms with Gasteiger partial charge < -0.3 is 5.32 Å². The molecular weight excluding hydrogens is 298 g/mol. The molecule has 2 rings (SSSR count). The van der Waals surface area contributed by atoms with E-state index in [9.17, 15) is 8.42 Å². The zero-order chi connectivity index (χ0) is 14.0. The molecule has 3 unspecified atom stereocenters. The first-order chi connectivity index (χ1) is 8.95. The molecule has 3 atom stereocenters. The first-order valence-electron chi connectivity index (χ1n) is 7.36. The number of likely N-dealkylation sites (N-methyl/N-ethyl adjacent to an activating group) is 1. The Balaban J connectivity index is 0.00000200. The molecule has 7 heteroatoms. The van der Waals surface area contributed by atoms with Crippen LogP contribution >= 0.6 is 12.4 Å². The number of nitrogens with zero attached hydrogens (tertiary/aromatic N) is 2. The van der Waals surface area contributed by atoms with Gasteiger partial charge in [-0.05, 0) is 38.1 Å². The lowest BCUT2D eigenvalue weighted by Crippen LogP contribution is -2.52. The number of halogens is 1. The van der Waals surface area contributed by atoms with Crippen molar-refractivity contribution in [3.63, 3.8) is 0 Å². The van der Waals surface area contributed by atoms with Crippen molar-refractivity contribution in [3.05, 3.63) is 0 Å². The van der Waals surface area contributed by atoms with Gasteiger partial charge in [-0.3, -0.25) is 0 Å². The first kappa shape index (κ1) is 18.2. The van der Waals surface area contributed by atoms with E-state index in [0.29, 0.717) is 31.5 Å². The Hall–Kier alpha value is 0.120. The van der Waals surface area contributed by atoms with E-state index >= 15 is 0 Å². The molecule has 2 heterocycles. The topological polar surface area (TPSA) is 52.7 Å². The second-order valence-electron chi connectivity index (χ2n) is 6.24. The fourth-order valence-corrected chi connectivity index (χ4v) is 5.59. The second kappa shape index (κ2) is 7.40. The fraction of sp³-hybridized carbons (Fsp3) is 1.00.